The zero-order valence-corrected chi connectivity index (χ0v) is 13.5. The number of carbonyl (C=O) groups excluding carboxylic acids is 1. The van der Waals surface area contributed by atoms with Gasteiger partial charge in [-0.1, -0.05) is 39.1 Å². The van der Waals surface area contributed by atoms with Crippen molar-refractivity contribution in [3.05, 3.63) is 33.8 Å². The van der Waals surface area contributed by atoms with Crippen LogP contribution in [0.5, 0.6) is 0 Å². The van der Waals surface area contributed by atoms with Crippen molar-refractivity contribution in [2.24, 2.45) is 0 Å². The van der Waals surface area contributed by atoms with Gasteiger partial charge in [0.15, 0.2) is 0 Å². The number of alkyl halides is 1. The molecule has 0 aromatic heterocycles. The number of rotatable bonds is 2. The van der Waals surface area contributed by atoms with Crippen LogP contribution in [-0.4, -0.2) is 41.4 Å². The number of benzene rings is 1. The van der Waals surface area contributed by atoms with E-state index < -0.39 is 0 Å². The molecule has 1 fully saturated rings. The van der Waals surface area contributed by atoms with E-state index in [4.69, 9.17) is 27.9 Å². The van der Waals surface area contributed by atoms with E-state index in [-0.39, 0.29) is 18.1 Å². The summed E-state index contributed by atoms with van der Waals surface area (Å²) in [5.74, 6) is -0.0414. The second kappa shape index (κ2) is 6.44. The molecule has 0 aliphatic carbocycles. The van der Waals surface area contributed by atoms with E-state index in [1.807, 2.05) is 11.8 Å². The number of amides is 1. The average molecular weight is 367 g/mol. The summed E-state index contributed by atoms with van der Waals surface area (Å²) in [6, 6.07) is 5.00. The molecule has 1 aliphatic heterocycles. The van der Waals surface area contributed by atoms with Gasteiger partial charge in [0.25, 0.3) is 5.91 Å². The molecule has 0 radical (unpaired) electrons. The number of nitrogens with zero attached hydrogens (tertiary/aromatic N) is 1. The molecule has 3 nitrogen and oxygen atoms in total. The average Bonchev–Trinajstić information content (AvgIpc) is 2.41. The molecule has 2 unspecified atom stereocenters. The molecule has 1 saturated heterocycles. The minimum absolute atomic E-state index is 0.0305. The summed E-state index contributed by atoms with van der Waals surface area (Å²) >= 11 is 15.2. The molecule has 1 aliphatic rings. The van der Waals surface area contributed by atoms with Crippen molar-refractivity contribution in [1.29, 1.82) is 0 Å². The fraction of sp³-hybridized carbons (Fsp3) is 0.462. The van der Waals surface area contributed by atoms with Gasteiger partial charge in [-0.05, 0) is 25.1 Å². The Labute approximate surface area is 130 Å². The van der Waals surface area contributed by atoms with E-state index in [0.717, 1.165) is 0 Å². The molecule has 19 heavy (non-hydrogen) atoms. The number of morpholine rings is 1. The van der Waals surface area contributed by atoms with Gasteiger partial charge in [-0.2, -0.15) is 0 Å². The molecule has 6 heteroatoms. The molecular formula is C13H14BrCl2NO2. The highest BCUT2D eigenvalue weighted by molar-refractivity contribution is 9.09. The van der Waals surface area contributed by atoms with E-state index in [0.29, 0.717) is 34.1 Å². The molecule has 2 atom stereocenters. The normalized spacial score (nSPS) is 23.5. The second-order valence-corrected chi connectivity index (χ2v) is 6.01. The Bertz CT molecular complexity index is 484. The van der Waals surface area contributed by atoms with Crippen LogP contribution >= 0.6 is 39.1 Å². The topological polar surface area (TPSA) is 29.5 Å². The highest BCUT2D eigenvalue weighted by atomic mass is 79.9. The van der Waals surface area contributed by atoms with Crippen molar-refractivity contribution in [2.45, 2.75) is 19.1 Å². The van der Waals surface area contributed by atoms with E-state index in [1.54, 1.807) is 18.2 Å². The van der Waals surface area contributed by atoms with Crippen molar-refractivity contribution in [3.63, 3.8) is 0 Å². The quantitative estimate of drug-likeness (QED) is 0.748. The summed E-state index contributed by atoms with van der Waals surface area (Å²) in [6.45, 7) is 3.09. The van der Waals surface area contributed by atoms with E-state index in [1.165, 1.54) is 0 Å². The molecule has 0 saturated carbocycles. The van der Waals surface area contributed by atoms with E-state index >= 15 is 0 Å². The predicted molar refractivity (Wildman–Crippen MR) is 80.5 cm³/mol. The Kier molecular flexibility index (Phi) is 5.12. The smallest absolute Gasteiger partial charge is 0.254 e. The second-order valence-electron chi connectivity index (χ2n) is 4.55. The summed E-state index contributed by atoms with van der Waals surface area (Å²) in [6.07, 6.45) is 0.0305. The first kappa shape index (κ1) is 15.1. The lowest BCUT2D eigenvalue weighted by Crippen LogP contribution is -2.51. The minimum atomic E-state index is -0.0414. The maximum Gasteiger partial charge on any atom is 0.254 e. The highest BCUT2D eigenvalue weighted by Gasteiger charge is 2.29. The van der Waals surface area contributed by atoms with Gasteiger partial charge in [-0.3, -0.25) is 4.79 Å². The van der Waals surface area contributed by atoms with Gasteiger partial charge in [0, 0.05) is 17.4 Å². The maximum atomic E-state index is 12.5. The highest BCUT2D eigenvalue weighted by Crippen LogP contribution is 2.24. The zero-order chi connectivity index (χ0) is 14.0. The molecule has 0 spiro atoms. The monoisotopic (exact) mass is 365 g/mol. The molecule has 104 valence electrons. The number of ether oxygens (including phenoxy) is 1. The standard InChI is InChI=1S/C13H14BrCl2NO2/c1-8-7-19-10(5-14)6-17(8)13(18)9-2-3-11(15)12(16)4-9/h2-4,8,10H,5-7H2,1H3. The lowest BCUT2D eigenvalue weighted by molar-refractivity contribution is -0.0361. The van der Waals surface area contributed by atoms with Crippen LogP contribution in [-0.2, 0) is 4.74 Å². The van der Waals surface area contributed by atoms with Crippen molar-refractivity contribution in [2.75, 3.05) is 18.5 Å². The fourth-order valence-electron chi connectivity index (χ4n) is 1.99. The van der Waals surface area contributed by atoms with Crippen molar-refractivity contribution in [1.82, 2.24) is 4.90 Å². The molecule has 0 N–H and O–H groups in total. The van der Waals surface area contributed by atoms with Gasteiger partial charge < -0.3 is 9.64 Å². The first-order chi connectivity index (χ1) is 9.02. The number of halogens is 3. The van der Waals surface area contributed by atoms with Crippen LogP contribution in [0.25, 0.3) is 0 Å². The Hall–Kier alpha value is -0.290. The van der Waals surface area contributed by atoms with Gasteiger partial charge >= 0.3 is 0 Å². The Morgan fingerprint density at radius 3 is 2.84 bits per heavy atom. The minimum Gasteiger partial charge on any atom is -0.373 e. The number of hydrogen-bond donors (Lipinski definition) is 0. The Morgan fingerprint density at radius 2 is 2.21 bits per heavy atom. The SMILES string of the molecule is CC1COC(CBr)CN1C(=O)c1ccc(Cl)c(Cl)c1. The summed E-state index contributed by atoms with van der Waals surface area (Å²) < 4.78 is 5.61. The van der Waals surface area contributed by atoms with Gasteiger partial charge in [-0.25, -0.2) is 0 Å². The number of carbonyl (C=O) groups is 1. The van der Waals surface area contributed by atoms with Crippen LogP contribution < -0.4 is 0 Å². The zero-order valence-electron chi connectivity index (χ0n) is 10.4. The van der Waals surface area contributed by atoms with Gasteiger partial charge in [0.1, 0.15) is 0 Å². The molecule has 1 aromatic rings. The van der Waals surface area contributed by atoms with Crippen LogP contribution in [0.15, 0.2) is 18.2 Å². The van der Waals surface area contributed by atoms with Crippen molar-refractivity contribution in [3.8, 4) is 0 Å². The first-order valence-electron chi connectivity index (χ1n) is 5.96. The van der Waals surface area contributed by atoms with E-state index in [2.05, 4.69) is 15.9 Å². The van der Waals surface area contributed by atoms with Gasteiger partial charge in [0.05, 0.1) is 28.8 Å². The van der Waals surface area contributed by atoms with E-state index in [9.17, 15) is 4.79 Å². The van der Waals surface area contributed by atoms with Gasteiger partial charge in [0.2, 0.25) is 0 Å². The fourth-order valence-corrected chi connectivity index (χ4v) is 2.68. The number of hydrogen-bond acceptors (Lipinski definition) is 2. The molecule has 1 heterocycles. The molecule has 1 amide bonds. The molecule has 0 bridgehead atoms. The summed E-state index contributed by atoms with van der Waals surface area (Å²) in [5.41, 5.74) is 0.552. The van der Waals surface area contributed by atoms with Crippen LogP contribution in [0.3, 0.4) is 0 Å². The first-order valence-corrected chi connectivity index (χ1v) is 7.84. The van der Waals surface area contributed by atoms with Crippen molar-refractivity contribution >= 4 is 45.0 Å². The third-order valence-corrected chi connectivity index (χ3v) is 4.57. The third kappa shape index (κ3) is 3.43. The lowest BCUT2D eigenvalue weighted by atomic mass is 10.1. The molecule has 2 rings (SSSR count). The van der Waals surface area contributed by atoms with Crippen LogP contribution in [0, 0.1) is 0 Å². The summed E-state index contributed by atoms with van der Waals surface area (Å²) in [4.78, 5) is 14.3. The molecule has 1 aromatic carbocycles. The summed E-state index contributed by atoms with van der Waals surface area (Å²) in [7, 11) is 0. The maximum absolute atomic E-state index is 12.5. The summed E-state index contributed by atoms with van der Waals surface area (Å²) in [5, 5.41) is 1.56. The van der Waals surface area contributed by atoms with Gasteiger partial charge in [-0.15, -0.1) is 0 Å². The van der Waals surface area contributed by atoms with Crippen LogP contribution in [0.2, 0.25) is 10.0 Å². The lowest BCUT2D eigenvalue weighted by Gasteiger charge is -2.37. The largest absolute Gasteiger partial charge is 0.373 e. The third-order valence-electron chi connectivity index (χ3n) is 3.11. The van der Waals surface area contributed by atoms with Crippen LogP contribution in [0.1, 0.15) is 17.3 Å². The van der Waals surface area contributed by atoms with Crippen LogP contribution in [0.4, 0.5) is 0 Å². The Balaban J connectivity index is 2.19. The predicted octanol–water partition coefficient (Wildman–Crippen LogP) is 3.62. The van der Waals surface area contributed by atoms with Crippen molar-refractivity contribution < 1.29 is 9.53 Å². The molecular weight excluding hydrogens is 353 g/mol. The Morgan fingerprint density at radius 1 is 1.47 bits per heavy atom.